The molecule has 3 heterocycles. The van der Waals surface area contributed by atoms with Gasteiger partial charge in [0.15, 0.2) is 5.65 Å². The summed E-state index contributed by atoms with van der Waals surface area (Å²) in [7, 11) is 0. The molecule has 0 spiro atoms. The van der Waals surface area contributed by atoms with Crippen LogP contribution in [-0.4, -0.2) is 38.1 Å². The highest BCUT2D eigenvalue weighted by Gasteiger charge is 2.26. The number of rotatable bonds is 2. The molecule has 0 bridgehead atoms. The highest BCUT2D eigenvalue weighted by molar-refractivity contribution is 5.76. The number of nitrogens with zero attached hydrogens (tertiary/aromatic N) is 4. The molecule has 0 aliphatic carbocycles. The predicted molar refractivity (Wildman–Crippen MR) is 79.0 cm³/mol. The van der Waals surface area contributed by atoms with Gasteiger partial charge in [-0.3, -0.25) is 9.20 Å². The third-order valence-electron chi connectivity index (χ3n) is 4.00. The maximum absolute atomic E-state index is 12.4. The molecule has 1 aliphatic heterocycles. The summed E-state index contributed by atoms with van der Waals surface area (Å²) < 4.78 is 2.70. The van der Waals surface area contributed by atoms with Crippen molar-refractivity contribution in [1.29, 1.82) is 0 Å². The third kappa shape index (κ3) is 2.70. The first-order chi connectivity index (χ1) is 10.0. The van der Waals surface area contributed by atoms with E-state index in [0.717, 1.165) is 19.5 Å². The molecule has 0 N–H and O–H groups in total. The molecule has 21 heavy (non-hydrogen) atoms. The van der Waals surface area contributed by atoms with E-state index in [2.05, 4.69) is 18.9 Å². The zero-order chi connectivity index (χ0) is 15.0. The van der Waals surface area contributed by atoms with Gasteiger partial charge in [-0.15, -0.1) is 5.10 Å². The molecule has 2 aromatic heterocycles. The van der Waals surface area contributed by atoms with Crippen LogP contribution in [0.15, 0.2) is 29.2 Å². The van der Waals surface area contributed by atoms with Crippen LogP contribution < -0.4 is 5.69 Å². The minimum absolute atomic E-state index is 0.0138. The molecule has 2 aromatic rings. The first-order valence-electron chi connectivity index (χ1n) is 7.36. The minimum atomic E-state index is -0.267. The van der Waals surface area contributed by atoms with Gasteiger partial charge in [-0.05, 0) is 30.4 Å². The Bertz CT molecular complexity index is 708. The summed E-state index contributed by atoms with van der Waals surface area (Å²) in [5, 5.41) is 4.20. The largest absolute Gasteiger partial charge is 0.350 e. The van der Waals surface area contributed by atoms with Crippen LogP contribution in [0.5, 0.6) is 0 Å². The monoisotopic (exact) mass is 288 g/mol. The molecule has 3 rings (SSSR count). The lowest BCUT2D eigenvalue weighted by Crippen LogP contribution is -2.45. The molecular formula is C15H20N4O2. The normalized spacial score (nSPS) is 22.7. The molecule has 2 atom stereocenters. The van der Waals surface area contributed by atoms with Crippen LogP contribution in [0.4, 0.5) is 0 Å². The fraction of sp³-hybridized carbons (Fsp3) is 0.533. The summed E-state index contributed by atoms with van der Waals surface area (Å²) in [5.41, 5.74) is 0.299. The van der Waals surface area contributed by atoms with Crippen molar-refractivity contribution in [3.05, 3.63) is 34.9 Å². The number of carbonyl (C=O) groups is 1. The lowest BCUT2D eigenvalue weighted by Gasteiger charge is -2.34. The number of aromatic nitrogens is 3. The van der Waals surface area contributed by atoms with Gasteiger partial charge in [-0.25, -0.2) is 9.48 Å². The molecule has 1 fully saturated rings. The number of likely N-dealkylation sites (tertiary alicyclic amines) is 1. The van der Waals surface area contributed by atoms with Crippen LogP contribution >= 0.6 is 0 Å². The highest BCUT2D eigenvalue weighted by atomic mass is 16.2. The second kappa shape index (κ2) is 5.35. The molecule has 1 aliphatic rings. The van der Waals surface area contributed by atoms with E-state index in [0.29, 0.717) is 17.5 Å². The number of hydrogen-bond donors (Lipinski definition) is 0. The average Bonchev–Trinajstić information content (AvgIpc) is 2.75. The first kappa shape index (κ1) is 13.9. The zero-order valence-corrected chi connectivity index (χ0v) is 12.4. The standard InChI is InChI=1S/C15H20N4O2/c1-11-7-12(2)9-17(8-11)14(20)10-19-15(21)18-6-4-3-5-13(18)16-19/h3-6,11-12H,7-10H2,1-2H3/t11-,12+. The average molecular weight is 288 g/mol. The molecule has 0 aromatic carbocycles. The Hall–Kier alpha value is -2.11. The van der Waals surface area contributed by atoms with Gasteiger partial charge in [0.1, 0.15) is 6.54 Å². The summed E-state index contributed by atoms with van der Waals surface area (Å²) in [5.74, 6) is 0.991. The zero-order valence-electron chi connectivity index (χ0n) is 12.4. The van der Waals surface area contributed by atoms with Crippen molar-refractivity contribution in [2.24, 2.45) is 11.8 Å². The second-order valence-electron chi connectivity index (χ2n) is 6.11. The van der Waals surface area contributed by atoms with Crippen LogP contribution in [-0.2, 0) is 11.3 Å². The number of amides is 1. The fourth-order valence-corrected chi connectivity index (χ4v) is 3.17. The first-order valence-corrected chi connectivity index (χ1v) is 7.36. The van der Waals surface area contributed by atoms with Crippen molar-refractivity contribution < 1.29 is 4.79 Å². The van der Waals surface area contributed by atoms with E-state index in [-0.39, 0.29) is 18.1 Å². The van der Waals surface area contributed by atoms with Gasteiger partial charge >= 0.3 is 5.69 Å². The molecule has 0 unspecified atom stereocenters. The lowest BCUT2D eigenvalue weighted by molar-refractivity contribution is -0.134. The van der Waals surface area contributed by atoms with Crippen LogP contribution in [0.2, 0.25) is 0 Å². The van der Waals surface area contributed by atoms with E-state index in [1.165, 1.54) is 9.08 Å². The maximum Gasteiger partial charge on any atom is 0.350 e. The number of fused-ring (bicyclic) bond motifs is 1. The van der Waals surface area contributed by atoms with Gasteiger partial charge in [0, 0.05) is 19.3 Å². The Morgan fingerprint density at radius 1 is 1.29 bits per heavy atom. The van der Waals surface area contributed by atoms with Crippen LogP contribution in [0, 0.1) is 11.8 Å². The Morgan fingerprint density at radius 3 is 2.67 bits per heavy atom. The van der Waals surface area contributed by atoms with Gasteiger partial charge in [0.25, 0.3) is 0 Å². The quantitative estimate of drug-likeness (QED) is 0.828. The molecule has 0 saturated carbocycles. The third-order valence-corrected chi connectivity index (χ3v) is 4.00. The summed E-state index contributed by atoms with van der Waals surface area (Å²) >= 11 is 0. The van der Waals surface area contributed by atoms with Crippen LogP contribution in [0.1, 0.15) is 20.3 Å². The van der Waals surface area contributed by atoms with Gasteiger partial charge in [-0.2, -0.15) is 0 Å². The highest BCUT2D eigenvalue weighted by Crippen LogP contribution is 2.20. The van der Waals surface area contributed by atoms with E-state index in [9.17, 15) is 9.59 Å². The van der Waals surface area contributed by atoms with E-state index in [4.69, 9.17) is 0 Å². The van der Waals surface area contributed by atoms with E-state index in [1.807, 2.05) is 11.0 Å². The van der Waals surface area contributed by atoms with Crippen molar-refractivity contribution in [2.45, 2.75) is 26.8 Å². The van der Waals surface area contributed by atoms with Crippen molar-refractivity contribution in [1.82, 2.24) is 19.1 Å². The summed E-state index contributed by atoms with van der Waals surface area (Å²) in [6, 6.07) is 5.35. The SMILES string of the molecule is C[C@@H]1C[C@H](C)CN(C(=O)Cn2nc3ccccn3c2=O)C1. The molecule has 6 nitrogen and oxygen atoms in total. The lowest BCUT2D eigenvalue weighted by atomic mass is 9.92. The van der Waals surface area contributed by atoms with Gasteiger partial charge < -0.3 is 4.90 Å². The molecular weight excluding hydrogens is 268 g/mol. The van der Waals surface area contributed by atoms with Crippen molar-refractivity contribution in [3.8, 4) is 0 Å². The minimum Gasteiger partial charge on any atom is -0.341 e. The van der Waals surface area contributed by atoms with E-state index < -0.39 is 0 Å². The van der Waals surface area contributed by atoms with Gasteiger partial charge in [-0.1, -0.05) is 19.9 Å². The number of piperidine rings is 1. The van der Waals surface area contributed by atoms with Gasteiger partial charge in [0.05, 0.1) is 0 Å². The topological polar surface area (TPSA) is 59.6 Å². The summed E-state index contributed by atoms with van der Waals surface area (Å²) in [6.45, 7) is 5.87. The maximum atomic E-state index is 12.4. The Morgan fingerprint density at radius 2 is 2.00 bits per heavy atom. The summed E-state index contributed by atoms with van der Waals surface area (Å²) in [6.07, 6.45) is 2.81. The molecule has 0 radical (unpaired) electrons. The second-order valence-corrected chi connectivity index (χ2v) is 6.11. The number of pyridine rings is 1. The fourth-order valence-electron chi connectivity index (χ4n) is 3.17. The Balaban J connectivity index is 1.80. The Kier molecular flexibility index (Phi) is 3.53. The van der Waals surface area contributed by atoms with Crippen LogP contribution in [0.25, 0.3) is 5.65 Å². The number of carbonyl (C=O) groups excluding carboxylic acids is 1. The van der Waals surface area contributed by atoms with E-state index >= 15 is 0 Å². The van der Waals surface area contributed by atoms with Crippen molar-refractivity contribution in [3.63, 3.8) is 0 Å². The van der Waals surface area contributed by atoms with Crippen molar-refractivity contribution >= 4 is 11.6 Å². The summed E-state index contributed by atoms with van der Waals surface area (Å²) in [4.78, 5) is 26.4. The van der Waals surface area contributed by atoms with E-state index in [1.54, 1.807) is 18.3 Å². The molecule has 112 valence electrons. The van der Waals surface area contributed by atoms with Gasteiger partial charge in [0.2, 0.25) is 5.91 Å². The van der Waals surface area contributed by atoms with Crippen molar-refractivity contribution in [2.75, 3.05) is 13.1 Å². The molecule has 1 amide bonds. The number of hydrogen-bond acceptors (Lipinski definition) is 3. The predicted octanol–water partition coefficient (Wildman–Crippen LogP) is 1.00. The molecule has 6 heteroatoms. The Labute approximate surface area is 123 Å². The smallest absolute Gasteiger partial charge is 0.341 e. The van der Waals surface area contributed by atoms with Crippen LogP contribution in [0.3, 0.4) is 0 Å². The molecule has 1 saturated heterocycles.